The van der Waals surface area contributed by atoms with E-state index in [1.807, 2.05) is 30.3 Å². The predicted molar refractivity (Wildman–Crippen MR) is 171 cm³/mol. The van der Waals surface area contributed by atoms with Crippen LogP contribution in [0.3, 0.4) is 0 Å². The molecule has 2 nitrogen and oxygen atoms in total. The minimum atomic E-state index is -0.459. The van der Waals surface area contributed by atoms with E-state index in [0.717, 1.165) is 38.9 Å². The Hall–Kier alpha value is -5.34. The molecule has 0 spiro atoms. The summed E-state index contributed by atoms with van der Waals surface area (Å²) in [6, 6.07) is 49.8. The lowest BCUT2D eigenvalue weighted by atomic mass is 9.67. The molecule has 1 aliphatic carbocycles. The Kier molecular flexibility index (Phi) is 5.23. The van der Waals surface area contributed by atoms with Crippen molar-refractivity contribution in [1.29, 1.82) is 0 Å². The summed E-state index contributed by atoms with van der Waals surface area (Å²) in [5.41, 5.74) is 12.0. The quantitative estimate of drug-likeness (QED) is 0.242. The van der Waals surface area contributed by atoms with E-state index in [4.69, 9.17) is 4.42 Å². The molecule has 194 valence electrons. The maximum absolute atomic E-state index is 6.17. The van der Waals surface area contributed by atoms with Crippen LogP contribution in [0.15, 0.2) is 151 Å². The SMILES string of the molecule is C=Cc1ccc2c(c1)-c1ccc(Nc3cccc4oc5ccccc5c34)cc1C2(c1ccccc1)c1ccccc1. The normalized spacial score (nSPS) is 13.2. The Balaban J connectivity index is 1.39. The van der Waals surface area contributed by atoms with Gasteiger partial charge in [-0.2, -0.15) is 0 Å². The molecule has 0 bridgehead atoms. The lowest BCUT2D eigenvalue weighted by Crippen LogP contribution is -2.28. The molecule has 1 heterocycles. The van der Waals surface area contributed by atoms with Gasteiger partial charge in [0.2, 0.25) is 0 Å². The Labute approximate surface area is 239 Å². The number of hydrogen-bond acceptors (Lipinski definition) is 2. The summed E-state index contributed by atoms with van der Waals surface area (Å²) >= 11 is 0. The lowest BCUT2D eigenvalue weighted by Gasteiger charge is -2.34. The summed E-state index contributed by atoms with van der Waals surface area (Å²) in [6.45, 7) is 4.05. The Bertz CT molecular complexity index is 2050. The first-order valence-corrected chi connectivity index (χ1v) is 14.0. The van der Waals surface area contributed by atoms with Crippen LogP contribution < -0.4 is 5.32 Å². The molecule has 1 aliphatic rings. The third-order valence-corrected chi connectivity index (χ3v) is 8.49. The number of fused-ring (bicyclic) bond motifs is 6. The van der Waals surface area contributed by atoms with Gasteiger partial charge in [-0.15, -0.1) is 0 Å². The molecule has 0 saturated carbocycles. The molecular weight excluding hydrogens is 498 g/mol. The maximum Gasteiger partial charge on any atom is 0.137 e. The van der Waals surface area contributed by atoms with Gasteiger partial charge in [0.25, 0.3) is 0 Å². The Morgan fingerprint density at radius 2 is 1.29 bits per heavy atom. The summed E-state index contributed by atoms with van der Waals surface area (Å²) in [5.74, 6) is 0. The number of nitrogens with one attached hydrogen (secondary N) is 1. The van der Waals surface area contributed by atoms with E-state index in [-0.39, 0.29) is 0 Å². The highest BCUT2D eigenvalue weighted by Crippen LogP contribution is 2.57. The Morgan fingerprint density at radius 3 is 2.05 bits per heavy atom. The van der Waals surface area contributed by atoms with Crippen LogP contribution >= 0.6 is 0 Å². The number of para-hydroxylation sites is 1. The molecule has 0 radical (unpaired) electrons. The predicted octanol–water partition coefficient (Wildman–Crippen LogP) is 10.3. The summed E-state index contributed by atoms with van der Waals surface area (Å²) in [7, 11) is 0. The summed E-state index contributed by atoms with van der Waals surface area (Å²) in [4.78, 5) is 0. The molecule has 6 aromatic carbocycles. The number of benzene rings is 6. The number of furan rings is 1. The largest absolute Gasteiger partial charge is 0.456 e. The van der Waals surface area contributed by atoms with E-state index in [0.29, 0.717) is 0 Å². The minimum Gasteiger partial charge on any atom is -0.456 e. The van der Waals surface area contributed by atoms with Crippen molar-refractivity contribution in [3.8, 4) is 11.1 Å². The highest BCUT2D eigenvalue weighted by molar-refractivity contribution is 6.12. The first-order chi connectivity index (χ1) is 20.3. The van der Waals surface area contributed by atoms with E-state index in [1.54, 1.807) is 0 Å². The zero-order valence-electron chi connectivity index (χ0n) is 22.5. The molecule has 0 amide bonds. The summed E-state index contributed by atoms with van der Waals surface area (Å²) in [5, 5.41) is 5.98. The highest BCUT2D eigenvalue weighted by atomic mass is 16.3. The molecule has 0 unspecified atom stereocenters. The van der Waals surface area contributed by atoms with Gasteiger partial charge in [0.15, 0.2) is 0 Å². The average Bonchev–Trinajstić information content (AvgIpc) is 3.56. The molecule has 1 aromatic heterocycles. The first-order valence-electron chi connectivity index (χ1n) is 14.0. The Morgan fingerprint density at radius 1 is 0.585 bits per heavy atom. The van der Waals surface area contributed by atoms with Gasteiger partial charge in [-0.3, -0.25) is 0 Å². The van der Waals surface area contributed by atoms with E-state index in [1.165, 1.54) is 33.4 Å². The average molecular weight is 526 g/mol. The van der Waals surface area contributed by atoms with Crippen LogP contribution in [-0.2, 0) is 5.41 Å². The second-order valence-corrected chi connectivity index (χ2v) is 10.7. The minimum absolute atomic E-state index is 0.459. The van der Waals surface area contributed by atoms with Crippen molar-refractivity contribution in [1.82, 2.24) is 0 Å². The molecule has 0 fully saturated rings. The van der Waals surface area contributed by atoms with Crippen molar-refractivity contribution in [2.24, 2.45) is 0 Å². The van der Waals surface area contributed by atoms with Crippen LogP contribution in [0.2, 0.25) is 0 Å². The summed E-state index contributed by atoms with van der Waals surface area (Å²) < 4.78 is 6.17. The molecule has 0 atom stereocenters. The maximum atomic E-state index is 6.17. The second kappa shape index (κ2) is 9.11. The van der Waals surface area contributed by atoms with Crippen LogP contribution in [0.5, 0.6) is 0 Å². The third-order valence-electron chi connectivity index (χ3n) is 8.49. The topological polar surface area (TPSA) is 25.2 Å². The number of rotatable bonds is 5. The van der Waals surface area contributed by atoms with E-state index in [9.17, 15) is 0 Å². The molecule has 0 aliphatic heterocycles. The van der Waals surface area contributed by atoms with Crippen LogP contribution in [-0.4, -0.2) is 0 Å². The molecule has 2 heteroatoms. The summed E-state index contributed by atoms with van der Waals surface area (Å²) in [6.07, 6.45) is 1.93. The van der Waals surface area contributed by atoms with Crippen molar-refractivity contribution >= 4 is 39.4 Å². The van der Waals surface area contributed by atoms with Crippen LogP contribution in [0.1, 0.15) is 27.8 Å². The molecule has 0 saturated heterocycles. The van der Waals surface area contributed by atoms with Crippen molar-refractivity contribution in [2.75, 3.05) is 5.32 Å². The second-order valence-electron chi connectivity index (χ2n) is 10.7. The van der Waals surface area contributed by atoms with Gasteiger partial charge >= 0.3 is 0 Å². The van der Waals surface area contributed by atoms with Crippen LogP contribution in [0, 0.1) is 0 Å². The lowest BCUT2D eigenvalue weighted by molar-refractivity contribution is 0.669. The van der Waals surface area contributed by atoms with Gasteiger partial charge < -0.3 is 9.73 Å². The fraction of sp³-hybridized carbons (Fsp3) is 0.0256. The number of hydrogen-bond donors (Lipinski definition) is 1. The van der Waals surface area contributed by atoms with Crippen molar-refractivity contribution in [3.05, 3.63) is 174 Å². The van der Waals surface area contributed by atoms with E-state index in [2.05, 4.69) is 127 Å². The monoisotopic (exact) mass is 525 g/mol. The molecule has 8 rings (SSSR count). The highest BCUT2D eigenvalue weighted by Gasteiger charge is 2.46. The van der Waals surface area contributed by atoms with Gasteiger partial charge in [0, 0.05) is 11.1 Å². The van der Waals surface area contributed by atoms with Crippen molar-refractivity contribution in [2.45, 2.75) is 5.41 Å². The van der Waals surface area contributed by atoms with Crippen LogP contribution in [0.4, 0.5) is 11.4 Å². The zero-order chi connectivity index (χ0) is 27.4. The fourth-order valence-corrected chi connectivity index (χ4v) is 6.75. The molecule has 1 N–H and O–H groups in total. The first kappa shape index (κ1) is 23.5. The van der Waals surface area contributed by atoms with Crippen LogP contribution in [0.25, 0.3) is 39.1 Å². The standard InChI is InChI=1S/C39H27NO/c1-2-26-20-23-33-32(24-26)30-22-21-29(40-35-17-11-19-37-38(35)31-16-9-10-18-36(31)41-37)25-34(30)39(33,27-12-5-3-6-13-27)28-14-7-4-8-15-28/h2-25,40H,1H2. The van der Waals surface area contributed by atoms with Gasteiger partial charge in [-0.05, 0) is 75.3 Å². The molecule has 7 aromatic rings. The van der Waals surface area contributed by atoms with Gasteiger partial charge in [-0.25, -0.2) is 0 Å². The van der Waals surface area contributed by atoms with Crippen molar-refractivity contribution in [3.63, 3.8) is 0 Å². The van der Waals surface area contributed by atoms with Gasteiger partial charge in [0.1, 0.15) is 11.2 Å². The van der Waals surface area contributed by atoms with Crippen molar-refractivity contribution < 1.29 is 4.42 Å². The third kappa shape index (κ3) is 3.44. The molecular formula is C39H27NO. The van der Waals surface area contributed by atoms with Gasteiger partial charge in [-0.1, -0.05) is 116 Å². The molecule has 41 heavy (non-hydrogen) atoms. The zero-order valence-corrected chi connectivity index (χ0v) is 22.5. The fourth-order valence-electron chi connectivity index (χ4n) is 6.75. The van der Waals surface area contributed by atoms with Gasteiger partial charge in [0.05, 0.1) is 16.5 Å². The van der Waals surface area contributed by atoms with E-state index < -0.39 is 5.41 Å². The number of anilines is 2. The smallest absolute Gasteiger partial charge is 0.137 e. The van der Waals surface area contributed by atoms with E-state index >= 15 is 0 Å².